The average molecular weight is 351 g/mol. The van der Waals surface area contributed by atoms with E-state index in [9.17, 15) is 18.4 Å². The molecule has 0 spiro atoms. The SMILES string of the molecule is COC(=O)c1ccccc1N(C)C(=O)CSc1ccc(F)cc1F. The monoisotopic (exact) mass is 351 g/mol. The van der Waals surface area contributed by atoms with Crippen LogP contribution in [0.4, 0.5) is 14.5 Å². The van der Waals surface area contributed by atoms with E-state index in [1.165, 1.54) is 25.1 Å². The lowest BCUT2D eigenvalue weighted by Gasteiger charge is -2.19. The number of nitrogens with zero attached hydrogens (tertiary/aromatic N) is 1. The van der Waals surface area contributed by atoms with Crippen LogP contribution in [-0.2, 0) is 9.53 Å². The third kappa shape index (κ3) is 4.11. The summed E-state index contributed by atoms with van der Waals surface area (Å²) in [7, 11) is 2.78. The number of esters is 1. The molecule has 0 bridgehead atoms. The van der Waals surface area contributed by atoms with Gasteiger partial charge in [-0.15, -0.1) is 11.8 Å². The Bertz CT molecular complexity index is 767. The van der Waals surface area contributed by atoms with E-state index in [0.717, 1.165) is 23.9 Å². The van der Waals surface area contributed by atoms with Gasteiger partial charge >= 0.3 is 5.97 Å². The first kappa shape index (κ1) is 17.9. The van der Waals surface area contributed by atoms with E-state index >= 15 is 0 Å². The standard InChI is InChI=1S/C17H15F2NO3S/c1-20(14-6-4-3-5-12(14)17(22)23-2)16(21)10-24-15-8-7-11(18)9-13(15)19/h3-9H,10H2,1-2H3. The van der Waals surface area contributed by atoms with Crippen LogP contribution in [-0.4, -0.2) is 31.8 Å². The minimum atomic E-state index is -0.717. The molecule has 0 aliphatic rings. The van der Waals surface area contributed by atoms with Gasteiger partial charge in [0.25, 0.3) is 0 Å². The van der Waals surface area contributed by atoms with Crippen LogP contribution in [0, 0.1) is 11.6 Å². The number of anilines is 1. The number of hydrogen-bond donors (Lipinski definition) is 0. The van der Waals surface area contributed by atoms with Gasteiger partial charge in [-0.3, -0.25) is 4.79 Å². The summed E-state index contributed by atoms with van der Waals surface area (Å²) in [5.74, 6) is -2.34. The zero-order chi connectivity index (χ0) is 17.7. The van der Waals surface area contributed by atoms with Crippen molar-refractivity contribution in [2.75, 3.05) is 24.8 Å². The molecule has 1 amide bonds. The Labute approximate surface area is 142 Å². The van der Waals surface area contributed by atoms with Crippen molar-refractivity contribution in [2.24, 2.45) is 0 Å². The molecular weight excluding hydrogens is 336 g/mol. The van der Waals surface area contributed by atoms with E-state index < -0.39 is 17.6 Å². The maximum Gasteiger partial charge on any atom is 0.339 e. The fourth-order valence-electron chi connectivity index (χ4n) is 2.01. The van der Waals surface area contributed by atoms with Gasteiger partial charge in [0, 0.05) is 18.0 Å². The maximum atomic E-state index is 13.6. The molecule has 0 unspecified atom stereocenters. The maximum absolute atomic E-state index is 13.6. The average Bonchev–Trinajstić information content (AvgIpc) is 2.59. The first-order valence-corrected chi connectivity index (χ1v) is 7.94. The molecule has 0 fully saturated rings. The van der Waals surface area contributed by atoms with Gasteiger partial charge in [0.1, 0.15) is 11.6 Å². The summed E-state index contributed by atoms with van der Waals surface area (Å²) in [4.78, 5) is 25.6. The fourth-order valence-corrected chi connectivity index (χ4v) is 2.85. The van der Waals surface area contributed by atoms with Crippen LogP contribution in [0.15, 0.2) is 47.4 Å². The summed E-state index contributed by atoms with van der Waals surface area (Å²) in [5.41, 5.74) is 0.656. The number of methoxy groups -OCH3 is 1. The molecule has 0 aliphatic carbocycles. The third-order valence-electron chi connectivity index (χ3n) is 3.29. The molecule has 24 heavy (non-hydrogen) atoms. The van der Waals surface area contributed by atoms with Gasteiger partial charge < -0.3 is 9.64 Å². The highest BCUT2D eigenvalue weighted by molar-refractivity contribution is 8.00. The molecule has 0 atom stereocenters. The lowest BCUT2D eigenvalue weighted by Crippen LogP contribution is -2.29. The Balaban J connectivity index is 2.11. The highest BCUT2D eigenvalue weighted by Crippen LogP contribution is 2.25. The fraction of sp³-hybridized carbons (Fsp3) is 0.176. The number of hydrogen-bond acceptors (Lipinski definition) is 4. The minimum Gasteiger partial charge on any atom is -0.465 e. The zero-order valence-electron chi connectivity index (χ0n) is 13.1. The number of amides is 1. The lowest BCUT2D eigenvalue weighted by molar-refractivity contribution is -0.115. The number of rotatable bonds is 5. The van der Waals surface area contributed by atoms with Crippen LogP contribution < -0.4 is 4.90 Å². The van der Waals surface area contributed by atoms with Gasteiger partial charge in [-0.05, 0) is 24.3 Å². The second-order valence-corrected chi connectivity index (χ2v) is 5.84. The van der Waals surface area contributed by atoms with Crippen LogP contribution in [0.1, 0.15) is 10.4 Å². The Hall–Kier alpha value is -2.41. The van der Waals surface area contributed by atoms with Crippen LogP contribution in [0.5, 0.6) is 0 Å². The molecule has 7 heteroatoms. The molecule has 0 saturated heterocycles. The molecule has 0 heterocycles. The Kier molecular flexibility index (Phi) is 5.92. The third-order valence-corrected chi connectivity index (χ3v) is 4.32. The highest BCUT2D eigenvalue weighted by atomic mass is 32.2. The highest BCUT2D eigenvalue weighted by Gasteiger charge is 2.19. The Morgan fingerprint density at radius 3 is 2.54 bits per heavy atom. The first-order valence-electron chi connectivity index (χ1n) is 6.95. The van der Waals surface area contributed by atoms with Gasteiger partial charge in [0.2, 0.25) is 5.91 Å². The van der Waals surface area contributed by atoms with Crippen molar-refractivity contribution in [3.63, 3.8) is 0 Å². The van der Waals surface area contributed by atoms with Crippen molar-refractivity contribution in [1.82, 2.24) is 0 Å². The quantitative estimate of drug-likeness (QED) is 0.611. The molecule has 0 aromatic heterocycles. The van der Waals surface area contributed by atoms with Gasteiger partial charge in [-0.2, -0.15) is 0 Å². The van der Waals surface area contributed by atoms with E-state index in [2.05, 4.69) is 0 Å². The molecule has 2 aromatic rings. The van der Waals surface area contributed by atoms with E-state index in [0.29, 0.717) is 5.69 Å². The number of ether oxygens (including phenoxy) is 1. The number of carbonyl (C=O) groups is 2. The van der Waals surface area contributed by atoms with Crippen molar-refractivity contribution in [3.05, 3.63) is 59.7 Å². The number of halogens is 2. The predicted molar refractivity (Wildman–Crippen MR) is 88.3 cm³/mol. The van der Waals surface area contributed by atoms with Crippen molar-refractivity contribution < 1.29 is 23.1 Å². The Morgan fingerprint density at radius 1 is 1.17 bits per heavy atom. The summed E-state index contributed by atoms with van der Waals surface area (Å²) in [5, 5.41) is 0. The molecule has 0 N–H and O–H groups in total. The van der Waals surface area contributed by atoms with E-state index in [-0.39, 0.29) is 22.1 Å². The van der Waals surface area contributed by atoms with E-state index in [1.54, 1.807) is 24.3 Å². The number of thioether (sulfide) groups is 1. The molecule has 2 aromatic carbocycles. The molecule has 2 rings (SSSR count). The molecule has 4 nitrogen and oxygen atoms in total. The lowest BCUT2D eigenvalue weighted by atomic mass is 10.1. The van der Waals surface area contributed by atoms with Gasteiger partial charge in [-0.1, -0.05) is 12.1 Å². The van der Waals surface area contributed by atoms with Gasteiger partial charge in [0.15, 0.2) is 0 Å². The van der Waals surface area contributed by atoms with E-state index in [1.807, 2.05) is 0 Å². The minimum absolute atomic E-state index is 0.0610. The smallest absolute Gasteiger partial charge is 0.339 e. The summed E-state index contributed by atoms with van der Waals surface area (Å²) in [6.07, 6.45) is 0. The topological polar surface area (TPSA) is 46.6 Å². The molecule has 0 radical (unpaired) electrons. The normalized spacial score (nSPS) is 10.3. The number of benzene rings is 2. The molecule has 0 saturated carbocycles. The largest absolute Gasteiger partial charge is 0.465 e. The summed E-state index contributed by atoms with van der Waals surface area (Å²) < 4.78 is 31.2. The summed E-state index contributed by atoms with van der Waals surface area (Å²) >= 11 is 0.958. The van der Waals surface area contributed by atoms with Crippen LogP contribution in [0.25, 0.3) is 0 Å². The van der Waals surface area contributed by atoms with Gasteiger partial charge in [0.05, 0.1) is 24.1 Å². The van der Waals surface area contributed by atoms with Gasteiger partial charge in [-0.25, -0.2) is 13.6 Å². The number of carbonyl (C=O) groups excluding carboxylic acids is 2. The van der Waals surface area contributed by atoms with Crippen LogP contribution in [0.3, 0.4) is 0 Å². The van der Waals surface area contributed by atoms with Crippen molar-refractivity contribution in [1.29, 1.82) is 0 Å². The predicted octanol–water partition coefficient (Wildman–Crippen LogP) is 3.51. The summed E-state index contributed by atoms with van der Waals surface area (Å²) in [6.45, 7) is 0. The van der Waals surface area contributed by atoms with Crippen molar-refractivity contribution >= 4 is 29.3 Å². The Morgan fingerprint density at radius 2 is 1.88 bits per heavy atom. The summed E-state index contributed by atoms with van der Waals surface area (Å²) in [6, 6.07) is 9.71. The van der Waals surface area contributed by atoms with Crippen molar-refractivity contribution in [3.8, 4) is 0 Å². The second-order valence-electron chi connectivity index (χ2n) is 4.82. The van der Waals surface area contributed by atoms with E-state index in [4.69, 9.17) is 4.74 Å². The first-order chi connectivity index (χ1) is 11.4. The second kappa shape index (κ2) is 7.92. The molecular formula is C17H15F2NO3S. The zero-order valence-corrected chi connectivity index (χ0v) is 13.9. The number of para-hydroxylation sites is 1. The molecule has 0 aliphatic heterocycles. The van der Waals surface area contributed by atoms with Crippen LogP contribution in [0.2, 0.25) is 0 Å². The van der Waals surface area contributed by atoms with Crippen molar-refractivity contribution in [2.45, 2.75) is 4.90 Å². The molecule has 126 valence electrons. The van der Waals surface area contributed by atoms with Crippen LogP contribution >= 0.6 is 11.8 Å².